The number of rotatable bonds is 4. The molecule has 1 aromatic carbocycles. The maximum atomic E-state index is 11.4. The van der Waals surface area contributed by atoms with Gasteiger partial charge in [-0.05, 0) is 12.1 Å². The first-order valence-corrected chi connectivity index (χ1v) is 4.90. The second-order valence-electron chi connectivity index (χ2n) is 3.25. The van der Waals surface area contributed by atoms with Crippen molar-refractivity contribution >= 4 is 10.9 Å². The molecule has 84 valence electrons. The zero-order chi connectivity index (χ0) is 11.4. The van der Waals surface area contributed by atoms with Gasteiger partial charge < -0.3 is 14.5 Å². The molecule has 1 aromatic heterocycles. The van der Waals surface area contributed by atoms with Crippen LogP contribution in [0, 0.1) is 0 Å². The van der Waals surface area contributed by atoms with E-state index in [0.717, 1.165) is 0 Å². The van der Waals surface area contributed by atoms with Crippen molar-refractivity contribution in [3.63, 3.8) is 0 Å². The zero-order valence-corrected chi connectivity index (χ0v) is 8.90. The molecule has 0 amide bonds. The van der Waals surface area contributed by atoms with Crippen LogP contribution in [0.4, 0.5) is 0 Å². The van der Waals surface area contributed by atoms with E-state index in [2.05, 4.69) is 9.97 Å². The van der Waals surface area contributed by atoms with Gasteiger partial charge in [0.15, 0.2) is 0 Å². The highest BCUT2D eigenvalue weighted by molar-refractivity contribution is 5.78. The summed E-state index contributed by atoms with van der Waals surface area (Å²) in [6.07, 6.45) is 1.38. The molecule has 16 heavy (non-hydrogen) atoms. The normalized spacial score (nSPS) is 10.6. The molecule has 0 aliphatic carbocycles. The fourth-order valence-electron chi connectivity index (χ4n) is 1.38. The standard InChI is InChI=1S/C11H12N2O3/c1-15-4-5-16-8-2-3-9-10(6-8)12-7-13-11(9)14/h2-3,6-7H,4-5H2,1H3,(H,12,13,14). The molecule has 5 heteroatoms. The van der Waals surface area contributed by atoms with Crippen LogP contribution in [0.5, 0.6) is 5.75 Å². The fraction of sp³-hybridized carbons (Fsp3) is 0.273. The predicted molar refractivity (Wildman–Crippen MR) is 59.7 cm³/mol. The molecule has 0 radical (unpaired) electrons. The molecule has 1 heterocycles. The molecule has 1 N–H and O–H groups in total. The van der Waals surface area contributed by atoms with Crippen molar-refractivity contribution in [1.82, 2.24) is 9.97 Å². The van der Waals surface area contributed by atoms with E-state index in [9.17, 15) is 4.79 Å². The lowest BCUT2D eigenvalue weighted by atomic mass is 10.2. The molecule has 0 aliphatic heterocycles. The van der Waals surface area contributed by atoms with Crippen LogP contribution < -0.4 is 10.3 Å². The summed E-state index contributed by atoms with van der Waals surface area (Å²) in [6.45, 7) is 1.01. The highest BCUT2D eigenvalue weighted by Crippen LogP contribution is 2.15. The lowest BCUT2D eigenvalue weighted by Gasteiger charge is -2.05. The Balaban J connectivity index is 2.27. The summed E-state index contributed by atoms with van der Waals surface area (Å²) in [5.74, 6) is 0.683. The lowest BCUT2D eigenvalue weighted by molar-refractivity contribution is 0.146. The molecule has 0 atom stereocenters. The van der Waals surface area contributed by atoms with Gasteiger partial charge in [-0.2, -0.15) is 0 Å². The van der Waals surface area contributed by atoms with E-state index in [0.29, 0.717) is 29.9 Å². The lowest BCUT2D eigenvalue weighted by Crippen LogP contribution is -2.07. The Hall–Kier alpha value is -1.88. The minimum atomic E-state index is -0.145. The van der Waals surface area contributed by atoms with Crippen molar-refractivity contribution < 1.29 is 9.47 Å². The summed E-state index contributed by atoms with van der Waals surface area (Å²) in [6, 6.07) is 5.18. The molecular weight excluding hydrogens is 208 g/mol. The molecule has 2 rings (SSSR count). The quantitative estimate of drug-likeness (QED) is 0.779. The first-order chi connectivity index (χ1) is 7.81. The van der Waals surface area contributed by atoms with Crippen LogP contribution in [-0.4, -0.2) is 30.3 Å². The third-order valence-corrected chi connectivity index (χ3v) is 2.17. The van der Waals surface area contributed by atoms with E-state index < -0.39 is 0 Å². The molecule has 5 nitrogen and oxygen atoms in total. The van der Waals surface area contributed by atoms with Gasteiger partial charge in [-0.1, -0.05) is 0 Å². The molecule has 0 unspecified atom stereocenters. The number of H-pyrrole nitrogens is 1. The third kappa shape index (κ3) is 2.20. The van der Waals surface area contributed by atoms with Crippen molar-refractivity contribution in [3.8, 4) is 5.75 Å². The number of nitrogens with zero attached hydrogens (tertiary/aromatic N) is 1. The fourth-order valence-corrected chi connectivity index (χ4v) is 1.38. The van der Waals surface area contributed by atoms with Crippen molar-refractivity contribution in [3.05, 3.63) is 34.9 Å². The van der Waals surface area contributed by atoms with Gasteiger partial charge in [0.05, 0.1) is 23.8 Å². The molecule has 0 bridgehead atoms. The largest absolute Gasteiger partial charge is 0.491 e. The Labute approximate surface area is 92.0 Å². The van der Waals surface area contributed by atoms with Crippen LogP contribution in [0.2, 0.25) is 0 Å². The Morgan fingerprint density at radius 2 is 2.25 bits per heavy atom. The van der Waals surface area contributed by atoms with Gasteiger partial charge in [0.1, 0.15) is 12.4 Å². The van der Waals surface area contributed by atoms with Crippen molar-refractivity contribution in [1.29, 1.82) is 0 Å². The van der Waals surface area contributed by atoms with Crippen molar-refractivity contribution in [2.75, 3.05) is 20.3 Å². The number of aromatic nitrogens is 2. The average molecular weight is 220 g/mol. The number of hydrogen-bond acceptors (Lipinski definition) is 4. The van der Waals surface area contributed by atoms with Gasteiger partial charge in [-0.15, -0.1) is 0 Å². The van der Waals surface area contributed by atoms with E-state index in [1.807, 2.05) is 0 Å². The van der Waals surface area contributed by atoms with Crippen LogP contribution in [0.15, 0.2) is 29.3 Å². The van der Waals surface area contributed by atoms with E-state index in [-0.39, 0.29) is 5.56 Å². The third-order valence-electron chi connectivity index (χ3n) is 2.17. The molecule has 0 saturated heterocycles. The minimum absolute atomic E-state index is 0.145. The first kappa shape index (κ1) is 10.6. The second-order valence-corrected chi connectivity index (χ2v) is 3.25. The van der Waals surface area contributed by atoms with Gasteiger partial charge in [0.25, 0.3) is 5.56 Å². The number of benzene rings is 1. The molecular formula is C11H12N2O3. The SMILES string of the molecule is COCCOc1ccc2c(=O)[nH]cnc2c1. The Kier molecular flexibility index (Phi) is 3.16. The molecule has 2 aromatic rings. The number of fused-ring (bicyclic) bond motifs is 1. The Morgan fingerprint density at radius 3 is 3.06 bits per heavy atom. The number of ether oxygens (including phenoxy) is 2. The Morgan fingerprint density at radius 1 is 1.38 bits per heavy atom. The zero-order valence-electron chi connectivity index (χ0n) is 8.90. The van der Waals surface area contributed by atoms with Gasteiger partial charge >= 0.3 is 0 Å². The minimum Gasteiger partial charge on any atom is -0.491 e. The maximum Gasteiger partial charge on any atom is 0.258 e. The van der Waals surface area contributed by atoms with Crippen LogP contribution in [-0.2, 0) is 4.74 Å². The van der Waals surface area contributed by atoms with Gasteiger partial charge in [0.2, 0.25) is 0 Å². The summed E-state index contributed by atoms with van der Waals surface area (Å²) in [5.41, 5.74) is 0.479. The van der Waals surface area contributed by atoms with Crippen LogP contribution >= 0.6 is 0 Å². The summed E-state index contributed by atoms with van der Waals surface area (Å²) in [4.78, 5) is 18.0. The highest BCUT2D eigenvalue weighted by atomic mass is 16.5. The monoisotopic (exact) mass is 220 g/mol. The molecule has 0 fully saturated rings. The maximum absolute atomic E-state index is 11.4. The van der Waals surface area contributed by atoms with E-state index in [4.69, 9.17) is 9.47 Å². The number of aromatic amines is 1. The van der Waals surface area contributed by atoms with E-state index in [1.165, 1.54) is 6.33 Å². The number of nitrogens with one attached hydrogen (secondary N) is 1. The first-order valence-electron chi connectivity index (χ1n) is 4.90. The summed E-state index contributed by atoms with van der Waals surface area (Å²) in [5, 5.41) is 0.557. The molecule has 0 saturated carbocycles. The number of hydrogen-bond donors (Lipinski definition) is 1. The van der Waals surface area contributed by atoms with Crippen molar-refractivity contribution in [2.45, 2.75) is 0 Å². The van der Waals surface area contributed by atoms with Crippen LogP contribution in [0.25, 0.3) is 10.9 Å². The van der Waals surface area contributed by atoms with Gasteiger partial charge in [-0.25, -0.2) is 4.98 Å². The highest BCUT2D eigenvalue weighted by Gasteiger charge is 2.01. The summed E-state index contributed by atoms with van der Waals surface area (Å²) < 4.78 is 10.3. The van der Waals surface area contributed by atoms with Gasteiger partial charge in [-0.3, -0.25) is 4.79 Å². The molecule has 0 spiro atoms. The average Bonchev–Trinajstić information content (AvgIpc) is 2.30. The van der Waals surface area contributed by atoms with Crippen molar-refractivity contribution in [2.24, 2.45) is 0 Å². The smallest absolute Gasteiger partial charge is 0.258 e. The summed E-state index contributed by atoms with van der Waals surface area (Å²) >= 11 is 0. The van der Waals surface area contributed by atoms with Crippen LogP contribution in [0.3, 0.4) is 0 Å². The van der Waals surface area contributed by atoms with E-state index in [1.54, 1.807) is 25.3 Å². The number of methoxy groups -OCH3 is 1. The Bertz CT molecular complexity index is 536. The topological polar surface area (TPSA) is 64.2 Å². The van der Waals surface area contributed by atoms with Gasteiger partial charge in [0, 0.05) is 13.2 Å². The summed E-state index contributed by atoms with van der Waals surface area (Å²) in [7, 11) is 1.62. The molecule has 0 aliphatic rings. The van der Waals surface area contributed by atoms with Crippen LogP contribution in [0.1, 0.15) is 0 Å². The van der Waals surface area contributed by atoms with E-state index >= 15 is 0 Å². The predicted octanol–water partition coefficient (Wildman–Crippen LogP) is 0.948. The second kappa shape index (κ2) is 4.76.